The maximum Gasteiger partial charge on any atom is 0.410 e. The summed E-state index contributed by atoms with van der Waals surface area (Å²) in [5, 5.41) is 5.21. The number of carbonyl (C=O) groups is 3. The van der Waals surface area contributed by atoms with Crippen molar-refractivity contribution in [2.24, 2.45) is 17.6 Å². The van der Waals surface area contributed by atoms with Gasteiger partial charge in [-0.1, -0.05) is 39.8 Å². The van der Waals surface area contributed by atoms with Gasteiger partial charge >= 0.3 is 6.09 Å². The van der Waals surface area contributed by atoms with Gasteiger partial charge in [-0.25, -0.2) is 4.79 Å². The van der Waals surface area contributed by atoms with Crippen molar-refractivity contribution in [3.05, 3.63) is 29.8 Å². The average Bonchev–Trinajstić information content (AvgIpc) is 2.69. The van der Waals surface area contributed by atoms with Crippen molar-refractivity contribution in [1.29, 1.82) is 0 Å². The van der Waals surface area contributed by atoms with Crippen molar-refractivity contribution in [2.45, 2.75) is 53.3 Å². The summed E-state index contributed by atoms with van der Waals surface area (Å²) in [6.07, 6.45) is -0.376. The van der Waals surface area contributed by atoms with E-state index in [9.17, 15) is 14.4 Å². The molecule has 0 fully saturated rings. The van der Waals surface area contributed by atoms with E-state index < -0.39 is 6.04 Å². The summed E-state index contributed by atoms with van der Waals surface area (Å²) in [5.74, 6) is -0.378. The highest BCUT2D eigenvalue weighted by Gasteiger charge is 2.20. The first-order chi connectivity index (χ1) is 13.5. The summed E-state index contributed by atoms with van der Waals surface area (Å²) in [6.45, 7) is 9.74. The molecule has 29 heavy (non-hydrogen) atoms. The number of rotatable bonds is 9. The van der Waals surface area contributed by atoms with Crippen molar-refractivity contribution in [2.75, 3.05) is 18.9 Å². The van der Waals surface area contributed by atoms with Crippen LogP contribution < -0.4 is 16.4 Å². The molecule has 8 nitrogen and oxygen atoms in total. The number of benzene rings is 1. The molecule has 3 amide bonds. The zero-order valence-corrected chi connectivity index (χ0v) is 18.2. The Kier molecular flexibility index (Phi) is 9.61. The zero-order valence-electron chi connectivity index (χ0n) is 18.2. The number of carbonyl (C=O) groups excluding carboxylic acids is 3. The van der Waals surface area contributed by atoms with Crippen LogP contribution in [0.3, 0.4) is 0 Å². The molecule has 0 spiro atoms. The third-order valence-corrected chi connectivity index (χ3v) is 4.91. The van der Waals surface area contributed by atoms with Gasteiger partial charge in [0.1, 0.15) is 6.61 Å². The molecule has 1 aromatic rings. The molecule has 0 bridgehead atoms. The van der Waals surface area contributed by atoms with Crippen LogP contribution in [0.5, 0.6) is 0 Å². The van der Waals surface area contributed by atoms with Gasteiger partial charge in [0.2, 0.25) is 11.8 Å². The highest BCUT2D eigenvalue weighted by atomic mass is 16.6. The van der Waals surface area contributed by atoms with E-state index in [1.54, 1.807) is 36.2 Å². The smallest absolute Gasteiger partial charge is 0.410 e. The summed E-state index contributed by atoms with van der Waals surface area (Å²) in [4.78, 5) is 37.4. The van der Waals surface area contributed by atoms with Crippen LogP contribution in [0.2, 0.25) is 0 Å². The van der Waals surface area contributed by atoms with E-state index in [1.165, 1.54) is 0 Å². The lowest BCUT2D eigenvalue weighted by molar-refractivity contribution is -0.125. The summed E-state index contributed by atoms with van der Waals surface area (Å²) in [6, 6.07) is 6.39. The second-order valence-corrected chi connectivity index (χ2v) is 7.88. The predicted molar refractivity (Wildman–Crippen MR) is 113 cm³/mol. The first-order valence-electron chi connectivity index (χ1n) is 9.84. The molecule has 0 aliphatic rings. The van der Waals surface area contributed by atoms with Crippen molar-refractivity contribution in [1.82, 2.24) is 10.2 Å². The lowest BCUT2D eigenvalue weighted by Crippen LogP contribution is -2.46. The Bertz CT molecular complexity index is 688. The highest BCUT2D eigenvalue weighted by Crippen LogP contribution is 2.13. The van der Waals surface area contributed by atoms with E-state index in [-0.39, 0.29) is 43.0 Å². The van der Waals surface area contributed by atoms with Gasteiger partial charge in [0, 0.05) is 18.8 Å². The summed E-state index contributed by atoms with van der Waals surface area (Å²) in [7, 11) is 1.72. The number of nitrogens with zero attached hydrogens (tertiary/aromatic N) is 1. The highest BCUT2D eigenvalue weighted by molar-refractivity contribution is 5.95. The van der Waals surface area contributed by atoms with Crippen molar-refractivity contribution < 1.29 is 19.1 Å². The molecule has 0 aromatic heterocycles. The van der Waals surface area contributed by atoms with Crippen LogP contribution in [-0.4, -0.2) is 48.5 Å². The van der Waals surface area contributed by atoms with E-state index in [0.29, 0.717) is 11.6 Å². The quantitative estimate of drug-likeness (QED) is 0.582. The van der Waals surface area contributed by atoms with Gasteiger partial charge in [-0.3, -0.25) is 9.59 Å². The normalized spacial score (nSPS) is 13.0. The lowest BCUT2D eigenvalue weighted by atomic mass is 10.1. The molecule has 2 unspecified atom stereocenters. The lowest BCUT2D eigenvalue weighted by Gasteiger charge is -2.27. The second kappa shape index (κ2) is 11.4. The van der Waals surface area contributed by atoms with Crippen LogP contribution in [0.25, 0.3) is 0 Å². The third kappa shape index (κ3) is 8.11. The fourth-order valence-corrected chi connectivity index (χ4v) is 2.34. The molecule has 0 aliphatic carbocycles. The molecule has 2 atom stereocenters. The van der Waals surface area contributed by atoms with E-state index in [4.69, 9.17) is 10.5 Å². The molecule has 0 aliphatic heterocycles. The molecule has 1 rings (SSSR count). The van der Waals surface area contributed by atoms with Gasteiger partial charge in [0.25, 0.3) is 0 Å². The predicted octanol–water partition coefficient (Wildman–Crippen LogP) is 2.34. The monoisotopic (exact) mass is 406 g/mol. The van der Waals surface area contributed by atoms with Crippen LogP contribution in [0, 0.1) is 11.8 Å². The van der Waals surface area contributed by atoms with Gasteiger partial charge in [0.15, 0.2) is 0 Å². The number of nitrogens with one attached hydrogen (secondary N) is 2. The molecule has 1 aromatic carbocycles. The van der Waals surface area contributed by atoms with Gasteiger partial charge in [-0.05, 0) is 36.5 Å². The van der Waals surface area contributed by atoms with E-state index in [0.717, 1.165) is 5.56 Å². The molecule has 8 heteroatoms. The zero-order chi connectivity index (χ0) is 22.1. The topological polar surface area (TPSA) is 114 Å². The molecule has 4 N–H and O–H groups in total. The van der Waals surface area contributed by atoms with Gasteiger partial charge in [-0.15, -0.1) is 0 Å². The standard InChI is InChI=1S/C21H34N4O4/c1-13(2)15(5)25(6)21(28)29-12-16-7-9-17(10-8-16)24-18(26)11-23-20(27)19(22)14(3)4/h7-10,13-15,19H,11-12,22H2,1-6H3,(H,23,27)(H,24,26). The fourth-order valence-electron chi connectivity index (χ4n) is 2.34. The Labute approximate surface area is 173 Å². The first kappa shape index (κ1) is 24.4. The van der Waals surface area contributed by atoms with E-state index in [1.807, 2.05) is 34.6 Å². The Balaban J connectivity index is 2.46. The SMILES string of the molecule is CC(C)C(N)C(=O)NCC(=O)Nc1ccc(COC(=O)N(C)C(C)C(C)C)cc1. The van der Waals surface area contributed by atoms with Crippen LogP contribution >= 0.6 is 0 Å². The minimum absolute atomic E-state index is 0.00641. The number of hydrogen-bond donors (Lipinski definition) is 3. The minimum Gasteiger partial charge on any atom is -0.445 e. The van der Waals surface area contributed by atoms with E-state index >= 15 is 0 Å². The molecule has 162 valence electrons. The largest absolute Gasteiger partial charge is 0.445 e. The second-order valence-electron chi connectivity index (χ2n) is 7.88. The number of ether oxygens (including phenoxy) is 1. The van der Waals surface area contributed by atoms with Crippen LogP contribution in [-0.2, 0) is 20.9 Å². The molecule has 0 saturated heterocycles. The summed E-state index contributed by atoms with van der Waals surface area (Å²) < 4.78 is 5.33. The molecular weight excluding hydrogens is 372 g/mol. The van der Waals surface area contributed by atoms with E-state index in [2.05, 4.69) is 10.6 Å². The van der Waals surface area contributed by atoms with Crippen molar-refractivity contribution in [3.63, 3.8) is 0 Å². The van der Waals surface area contributed by atoms with Crippen molar-refractivity contribution in [3.8, 4) is 0 Å². The van der Waals surface area contributed by atoms with Gasteiger partial charge in [-0.2, -0.15) is 0 Å². The van der Waals surface area contributed by atoms with Gasteiger partial charge in [0.05, 0.1) is 12.6 Å². The summed E-state index contributed by atoms with van der Waals surface area (Å²) in [5.41, 5.74) is 7.12. The number of anilines is 1. The Morgan fingerprint density at radius 1 is 1.03 bits per heavy atom. The maximum absolute atomic E-state index is 12.1. The third-order valence-electron chi connectivity index (χ3n) is 4.91. The minimum atomic E-state index is -0.646. The van der Waals surface area contributed by atoms with Crippen LogP contribution in [0.4, 0.5) is 10.5 Å². The Hall–Kier alpha value is -2.61. The fraction of sp³-hybridized carbons (Fsp3) is 0.571. The molecule has 0 radical (unpaired) electrons. The summed E-state index contributed by atoms with van der Waals surface area (Å²) >= 11 is 0. The number of amides is 3. The Morgan fingerprint density at radius 3 is 2.14 bits per heavy atom. The van der Waals surface area contributed by atoms with Crippen LogP contribution in [0.1, 0.15) is 40.2 Å². The van der Waals surface area contributed by atoms with Gasteiger partial charge < -0.3 is 26.0 Å². The molecular formula is C21H34N4O4. The molecule has 0 heterocycles. The van der Waals surface area contributed by atoms with Crippen molar-refractivity contribution >= 4 is 23.6 Å². The Morgan fingerprint density at radius 2 is 1.62 bits per heavy atom. The number of nitrogens with two attached hydrogens (primary N) is 1. The number of hydrogen-bond acceptors (Lipinski definition) is 5. The van der Waals surface area contributed by atoms with Crippen LogP contribution in [0.15, 0.2) is 24.3 Å². The average molecular weight is 407 g/mol. The maximum atomic E-state index is 12.1. The first-order valence-corrected chi connectivity index (χ1v) is 9.84. The molecule has 0 saturated carbocycles.